The van der Waals surface area contributed by atoms with Crippen molar-refractivity contribution < 1.29 is 127 Å². The number of amides is 1. The average molecular weight is 1000 g/mol. The van der Waals surface area contributed by atoms with E-state index in [1.807, 2.05) is 81.9 Å². The van der Waals surface area contributed by atoms with Gasteiger partial charge in [-0.1, -0.05) is 72.5 Å². The molecule has 37 heavy (non-hydrogen) atoms. The summed E-state index contributed by atoms with van der Waals surface area (Å²) in [5.41, 5.74) is 9.31. The van der Waals surface area contributed by atoms with Gasteiger partial charge in [-0.3, -0.25) is 12.6 Å². The molecule has 0 saturated heterocycles. The summed E-state index contributed by atoms with van der Waals surface area (Å²) in [6, 6.07) is 15.7. The maximum atomic E-state index is 11.5. The summed E-state index contributed by atoms with van der Waals surface area (Å²) in [4.78, 5) is 31.6. The van der Waals surface area contributed by atoms with Gasteiger partial charge in [0.05, 0.1) is 0 Å². The van der Waals surface area contributed by atoms with Crippen molar-refractivity contribution in [3.05, 3.63) is 85.6 Å². The molecule has 0 spiro atoms. The Labute approximate surface area is 303 Å². The van der Waals surface area contributed by atoms with Gasteiger partial charge in [0, 0.05) is 121 Å². The molecule has 0 aliphatic carbocycles. The molecular weight excluding hydrogens is 962 g/mol. The van der Waals surface area contributed by atoms with Gasteiger partial charge in [-0.15, -0.1) is 12.8 Å². The van der Waals surface area contributed by atoms with Gasteiger partial charge in [0.15, 0.2) is 0 Å². The topological polar surface area (TPSA) is 98.5 Å². The van der Waals surface area contributed by atoms with Crippen LogP contribution in [0.15, 0.2) is 48.5 Å². The molecule has 3 N–H and O–H groups in total. The van der Waals surface area contributed by atoms with Crippen LogP contribution in [0.2, 0.25) is 0 Å². The molecule has 0 bridgehead atoms. The van der Waals surface area contributed by atoms with Crippen LogP contribution in [-0.2, 0) is 148 Å². The van der Waals surface area contributed by atoms with E-state index in [9.17, 15) is 14.4 Å². The summed E-state index contributed by atoms with van der Waals surface area (Å²) in [6.07, 6.45) is 5.67. The molecule has 2 radical (unpaired) electrons. The van der Waals surface area contributed by atoms with Crippen LogP contribution in [0.3, 0.4) is 0 Å². The first kappa shape index (κ1) is 50.4. The van der Waals surface area contributed by atoms with Crippen LogP contribution in [0, 0.1) is 14.9 Å². The Kier molecular flexibility index (Phi) is 40.3. The zero-order valence-corrected chi connectivity index (χ0v) is 34.1. The van der Waals surface area contributed by atoms with Crippen molar-refractivity contribution in [1.82, 2.24) is 5.32 Å². The SMILES string of the molecule is CC(C)(C)OC(=O)NCc1ccc(CC[C-]=O)cc1.NCc1ccc(CC[C-]=O)cc1.[CH3-].[CH3-].[W].[W].[Y].[Y]. The predicted molar refractivity (Wildman–Crippen MR) is 135 cm³/mol. The minimum Gasteiger partial charge on any atom is -0.542 e. The average Bonchev–Trinajstić information content (AvgIpc) is 2.75. The summed E-state index contributed by atoms with van der Waals surface area (Å²) < 4.78 is 5.14. The number of rotatable bonds is 9. The number of carbonyl (C=O) groups is 1. The Hall–Kier alpha value is 0.594. The molecule has 0 saturated carbocycles. The summed E-state index contributed by atoms with van der Waals surface area (Å²) in [5.74, 6) is 0. The molecule has 0 atom stereocenters. The number of nitrogens with one attached hydrogen (secondary N) is 1. The predicted octanol–water partition coefficient (Wildman–Crippen LogP) is 4.83. The molecule has 202 valence electrons. The molecule has 2 aromatic rings. The van der Waals surface area contributed by atoms with E-state index in [-0.39, 0.29) is 122 Å². The van der Waals surface area contributed by atoms with Gasteiger partial charge in [-0.25, -0.2) is 4.79 Å². The molecule has 1 amide bonds. The molecule has 0 aliphatic rings. The van der Waals surface area contributed by atoms with E-state index in [1.54, 1.807) is 0 Å². The minimum atomic E-state index is -0.487. The number of nitrogens with two attached hydrogens (primary N) is 1. The second kappa shape index (κ2) is 29.6. The number of ether oxygens (including phenoxy) is 1. The third-order valence-electron chi connectivity index (χ3n) is 4.15. The Morgan fingerprint density at radius 2 is 1.14 bits per heavy atom. The molecule has 0 aliphatic heterocycles. The van der Waals surface area contributed by atoms with Crippen LogP contribution in [-0.4, -0.2) is 24.3 Å². The van der Waals surface area contributed by atoms with Gasteiger partial charge in [0.25, 0.3) is 0 Å². The largest absolute Gasteiger partial charge is 0.542 e. The maximum absolute atomic E-state index is 11.5. The molecule has 0 unspecified atom stereocenters. The first-order chi connectivity index (χ1) is 14.8. The maximum Gasteiger partial charge on any atom is 0.407 e. The summed E-state index contributed by atoms with van der Waals surface area (Å²) in [6.45, 7) is 6.47. The molecule has 2 rings (SSSR count). The Balaban J connectivity index is -0.000000119. The van der Waals surface area contributed by atoms with Gasteiger partial charge in [-0.2, -0.15) is 0 Å². The Morgan fingerprint density at radius 3 is 1.46 bits per heavy atom. The number of aryl methyl sites for hydroxylation is 2. The summed E-state index contributed by atoms with van der Waals surface area (Å²) in [7, 11) is 0. The van der Waals surface area contributed by atoms with E-state index in [2.05, 4.69) is 5.32 Å². The van der Waals surface area contributed by atoms with E-state index >= 15 is 0 Å². The van der Waals surface area contributed by atoms with Crippen molar-refractivity contribution in [2.24, 2.45) is 5.73 Å². The Morgan fingerprint density at radius 1 is 0.784 bits per heavy atom. The van der Waals surface area contributed by atoms with Crippen molar-refractivity contribution in [2.75, 3.05) is 0 Å². The molecular formula is C27H38N2O4W2Y2-4. The molecule has 6 nitrogen and oxygen atoms in total. The molecule has 2 aromatic carbocycles. The fourth-order valence-corrected chi connectivity index (χ4v) is 2.54. The molecule has 0 heterocycles. The second-order valence-electron chi connectivity index (χ2n) is 7.98. The van der Waals surface area contributed by atoms with Gasteiger partial charge in [0.2, 0.25) is 0 Å². The number of benzene rings is 2. The zero-order valence-electron chi connectivity index (χ0n) is 22.5. The molecule has 0 aromatic heterocycles. The van der Waals surface area contributed by atoms with E-state index in [0.717, 1.165) is 28.7 Å². The van der Waals surface area contributed by atoms with Crippen molar-refractivity contribution in [2.45, 2.75) is 65.1 Å². The van der Waals surface area contributed by atoms with Gasteiger partial charge in [-0.05, 0) is 31.9 Å². The van der Waals surface area contributed by atoms with E-state index in [4.69, 9.17) is 10.5 Å². The van der Waals surface area contributed by atoms with Crippen molar-refractivity contribution in [3.63, 3.8) is 0 Å². The van der Waals surface area contributed by atoms with Crippen molar-refractivity contribution in [3.8, 4) is 0 Å². The first-order valence-corrected chi connectivity index (χ1v) is 10.3. The minimum absolute atomic E-state index is 0. The van der Waals surface area contributed by atoms with E-state index in [1.165, 1.54) is 0 Å². The van der Waals surface area contributed by atoms with Crippen LogP contribution in [0.25, 0.3) is 0 Å². The van der Waals surface area contributed by atoms with Crippen LogP contribution < -0.4 is 11.1 Å². The van der Waals surface area contributed by atoms with Gasteiger partial charge < -0.3 is 40.2 Å². The van der Waals surface area contributed by atoms with Crippen LogP contribution in [0.5, 0.6) is 0 Å². The number of hydrogen-bond acceptors (Lipinski definition) is 5. The number of alkyl carbamates (subject to hydrolysis) is 1. The van der Waals surface area contributed by atoms with Crippen LogP contribution in [0.1, 0.15) is 55.9 Å². The fourth-order valence-electron chi connectivity index (χ4n) is 2.54. The van der Waals surface area contributed by atoms with Gasteiger partial charge in [0.1, 0.15) is 5.60 Å². The molecule has 0 fully saturated rings. The van der Waals surface area contributed by atoms with Crippen molar-refractivity contribution in [1.29, 1.82) is 0 Å². The summed E-state index contributed by atoms with van der Waals surface area (Å²) >= 11 is 0. The van der Waals surface area contributed by atoms with E-state index < -0.39 is 11.7 Å². The third-order valence-corrected chi connectivity index (χ3v) is 4.15. The Bertz CT molecular complexity index is 817. The second-order valence-corrected chi connectivity index (χ2v) is 7.98. The van der Waals surface area contributed by atoms with Crippen LogP contribution in [0.4, 0.5) is 4.79 Å². The number of hydrogen-bond donors (Lipinski definition) is 2. The molecule has 10 heteroatoms. The smallest absolute Gasteiger partial charge is 0.407 e. The number of carbonyl (C=O) groups excluding carboxylic acids is 3. The van der Waals surface area contributed by atoms with E-state index in [0.29, 0.717) is 32.4 Å². The summed E-state index contributed by atoms with van der Waals surface area (Å²) in [5, 5.41) is 2.69. The monoisotopic (exact) mass is 1000 g/mol. The van der Waals surface area contributed by atoms with Gasteiger partial charge >= 0.3 is 6.09 Å². The van der Waals surface area contributed by atoms with Crippen molar-refractivity contribution >= 4 is 18.7 Å². The first-order valence-electron chi connectivity index (χ1n) is 10.3. The van der Waals surface area contributed by atoms with Crippen LogP contribution >= 0.6 is 0 Å². The quantitative estimate of drug-likeness (QED) is 0.352. The zero-order chi connectivity index (χ0) is 23.1. The standard InChI is InChI=1S/C15H20NO3.C10H12NO.2CH3.2W.2Y/c1-15(2,3)19-14(18)16-11-13-8-6-12(7-9-13)5-4-10-17;11-8-10-5-3-9(4-6-10)2-1-7-12;;;;;;/h6-9H,4-5,11H2,1-3H3,(H,16,18);3-6H,1-2,8,11H2;2*1H3;;;;/q4*-1;;;;. The third kappa shape index (κ3) is 26.6. The normalized spacial score (nSPS) is 8.76. The fraction of sp³-hybridized carbons (Fsp3) is 0.370.